The monoisotopic (exact) mass is 765 g/mol. The highest BCUT2D eigenvalue weighted by Crippen LogP contribution is 2.44. The predicted molar refractivity (Wildman–Crippen MR) is 187 cm³/mol. The fourth-order valence-electron chi connectivity index (χ4n) is 5.08. The van der Waals surface area contributed by atoms with Crippen LogP contribution >= 0.6 is 0 Å². The Bertz CT molecular complexity index is 1960. The van der Waals surface area contributed by atoms with E-state index in [1.807, 2.05) is 0 Å². The minimum atomic E-state index is -4.06. The van der Waals surface area contributed by atoms with Crippen LogP contribution in [0.4, 0.5) is 29.0 Å². The van der Waals surface area contributed by atoms with Gasteiger partial charge in [0.25, 0.3) is 0 Å². The number of halogens is 2. The molecule has 0 spiro atoms. The van der Waals surface area contributed by atoms with Gasteiger partial charge in [0.2, 0.25) is 18.2 Å². The van der Waals surface area contributed by atoms with Crippen molar-refractivity contribution in [1.82, 2.24) is 20.2 Å². The lowest BCUT2D eigenvalue weighted by atomic mass is 10.1. The Labute approximate surface area is 312 Å². The average Bonchev–Trinajstić information content (AvgIpc) is 3.43. The van der Waals surface area contributed by atoms with Crippen molar-refractivity contribution in [1.29, 1.82) is 0 Å². The highest BCUT2D eigenvalue weighted by Gasteiger charge is 2.62. The summed E-state index contributed by atoms with van der Waals surface area (Å²) >= 11 is 0. The molecule has 3 N–H and O–H groups in total. The van der Waals surface area contributed by atoms with E-state index in [1.54, 1.807) is 91.0 Å². The van der Waals surface area contributed by atoms with Crippen LogP contribution in [-0.2, 0) is 53.0 Å². The van der Waals surface area contributed by atoms with Crippen LogP contribution in [0, 0.1) is 0 Å². The van der Waals surface area contributed by atoms with Crippen LogP contribution in [0.15, 0.2) is 108 Å². The van der Waals surface area contributed by atoms with E-state index in [-0.39, 0.29) is 25.6 Å². The molecule has 4 aromatic rings. The van der Waals surface area contributed by atoms with E-state index in [0.717, 1.165) is 17.8 Å². The number of hydrogen-bond donors (Lipinski definition) is 3. The number of anilines is 1. The summed E-state index contributed by atoms with van der Waals surface area (Å²) in [6, 6.07) is 26.0. The van der Waals surface area contributed by atoms with Gasteiger partial charge in [-0.05, 0) is 29.7 Å². The van der Waals surface area contributed by atoms with Gasteiger partial charge in [-0.3, -0.25) is 14.7 Å². The summed E-state index contributed by atoms with van der Waals surface area (Å²) < 4.78 is 63.6. The van der Waals surface area contributed by atoms with Gasteiger partial charge in [-0.15, -0.1) is 0 Å². The van der Waals surface area contributed by atoms with Gasteiger partial charge in [0.05, 0.1) is 6.61 Å². The number of ether oxygens (including phenoxy) is 6. The molecule has 3 aromatic carbocycles. The number of alkyl halides is 2. The Morgan fingerprint density at radius 3 is 1.93 bits per heavy atom. The Hall–Kier alpha value is -6.40. The Balaban J connectivity index is 1.19. The van der Waals surface area contributed by atoms with Crippen LogP contribution in [0.25, 0.3) is 0 Å². The second-order valence-corrected chi connectivity index (χ2v) is 11.9. The summed E-state index contributed by atoms with van der Waals surface area (Å²) in [6.45, 7) is -0.198. The van der Waals surface area contributed by atoms with E-state index in [0.29, 0.717) is 15.7 Å². The molecule has 16 nitrogen and oxygen atoms in total. The van der Waals surface area contributed by atoms with Crippen LogP contribution in [0.1, 0.15) is 29.8 Å². The molecule has 0 bridgehead atoms. The van der Waals surface area contributed by atoms with Crippen molar-refractivity contribution >= 4 is 30.1 Å². The quantitative estimate of drug-likeness (QED) is 0.0657. The molecule has 0 aliphatic carbocycles. The van der Waals surface area contributed by atoms with Crippen molar-refractivity contribution in [2.24, 2.45) is 0 Å². The van der Waals surface area contributed by atoms with Gasteiger partial charge >= 0.3 is 30.0 Å². The Morgan fingerprint density at radius 1 is 0.818 bits per heavy atom. The molecule has 5 rings (SSSR count). The molecule has 1 fully saturated rings. The number of aromatic nitrogens is 2. The number of alkyl carbamates (subject to hydrolysis) is 1. The Morgan fingerprint density at radius 2 is 1.36 bits per heavy atom. The van der Waals surface area contributed by atoms with Crippen LogP contribution in [0.3, 0.4) is 0 Å². The summed E-state index contributed by atoms with van der Waals surface area (Å²) in [5.74, 6) is -5.04. The standard InChI is InChI=1S/C37H37F2N5O11/c1-24(41-34(47)51-19-25-11-5-2-6-12-25)31(45)40-23-50-22-28-30(55-36(49)53-21-27-15-9-4-10-16-27)37(38,39)32(54-28)44-18-17-29(42-33(44)46)43-35(48)52-20-26-13-7-3-8-14-26/h2-18,24,28,30,32H,19-23H2,1H3,(H,40,45)(H,41,47)(H,42,43,46,48)/t24-,28+,30+,32+/m0/s1. The fraction of sp³-hybridized carbons (Fsp3) is 0.297. The maximum atomic E-state index is 16.0. The molecule has 1 saturated heterocycles. The third-order valence-corrected chi connectivity index (χ3v) is 7.87. The second kappa shape index (κ2) is 19.1. The average molecular weight is 766 g/mol. The van der Waals surface area contributed by atoms with E-state index in [9.17, 15) is 24.0 Å². The molecule has 1 aromatic heterocycles. The summed E-state index contributed by atoms with van der Waals surface area (Å²) in [6.07, 6.45) is -8.72. The zero-order valence-electron chi connectivity index (χ0n) is 29.3. The molecule has 2 heterocycles. The van der Waals surface area contributed by atoms with Gasteiger partial charge in [-0.1, -0.05) is 91.0 Å². The minimum Gasteiger partial charge on any atom is -0.445 e. The normalized spacial score (nSPS) is 17.6. The summed E-state index contributed by atoms with van der Waals surface area (Å²) in [5, 5.41) is 6.99. The van der Waals surface area contributed by atoms with E-state index in [2.05, 4.69) is 20.9 Å². The topological polar surface area (TPSA) is 195 Å². The number of benzene rings is 3. The van der Waals surface area contributed by atoms with Gasteiger partial charge < -0.3 is 39.1 Å². The van der Waals surface area contributed by atoms with E-state index >= 15 is 8.78 Å². The van der Waals surface area contributed by atoms with Gasteiger partial charge in [0, 0.05) is 6.20 Å². The van der Waals surface area contributed by atoms with Crippen molar-refractivity contribution in [2.45, 2.75) is 57.1 Å². The summed E-state index contributed by atoms with van der Waals surface area (Å²) in [7, 11) is 0. The Kier molecular flexibility index (Phi) is 13.8. The molecular weight excluding hydrogens is 728 g/mol. The number of hydrogen-bond acceptors (Lipinski definition) is 12. The SMILES string of the molecule is C[C@H](NC(=O)OCc1ccccc1)C(=O)NCOC[C@H]1O[C@@H](n2ccc(NC(=O)OCc3ccccc3)nc2=O)C(F)(F)[C@@H]1OC(=O)OCc1ccccc1. The maximum absolute atomic E-state index is 16.0. The maximum Gasteiger partial charge on any atom is 0.509 e. The van der Waals surface area contributed by atoms with Crippen LogP contribution < -0.4 is 21.6 Å². The molecule has 1 aliphatic heterocycles. The highest BCUT2D eigenvalue weighted by molar-refractivity contribution is 5.85. The van der Waals surface area contributed by atoms with Crippen molar-refractivity contribution in [3.63, 3.8) is 0 Å². The van der Waals surface area contributed by atoms with Crippen LogP contribution in [0.2, 0.25) is 0 Å². The molecule has 290 valence electrons. The first-order chi connectivity index (χ1) is 26.5. The fourth-order valence-corrected chi connectivity index (χ4v) is 5.08. The lowest BCUT2D eigenvalue weighted by Crippen LogP contribution is -2.46. The number of nitrogens with one attached hydrogen (secondary N) is 3. The lowest BCUT2D eigenvalue weighted by molar-refractivity contribution is -0.146. The van der Waals surface area contributed by atoms with Gasteiger partial charge in [0.15, 0.2) is 0 Å². The largest absolute Gasteiger partial charge is 0.509 e. The van der Waals surface area contributed by atoms with E-state index < -0.39 is 73.7 Å². The lowest BCUT2D eigenvalue weighted by Gasteiger charge is -2.24. The molecule has 55 heavy (non-hydrogen) atoms. The number of nitrogens with zero attached hydrogens (tertiary/aromatic N) is 2. The first-order valence-corrected chi connectivity index (χ1v) is 16.8. The molecule has 3 amide bonds. The van der Waals surface area contributed by atoms with Gasteiger partial charge in [-0.2, -0.15) is 13.8 Å². The third-order valence-electron chi connectivity index (χ3n) is 7.87. The van der Waals surface area contributed by atoms with Crippen LogP contribution in [0.5, 0.6) is 0 Å². The molecule has 0 unspecified atom stereocenters. The van der Waals surface area contributed by atoms with Crippen molar-refractivity contribution in [3.8, 4) is 0 Å². The second-order valence-electron chi connectivity index (χ2n) is 11.9. The zero-order valence-corrected chi connectivity index (χ0v) is 29.3. The molecule has 1 aliphatic rings. The summed E-state index contributed by atoms with van der Waals surface area (Å²) in [5.41, 5.74) is 0.759. The minimum absolute atomic E-state index is 0.0206. The smallest absolute Gasteiger partial charge is 0.445 e. The number of amides is 3. The van der Waals surface area contributed by atoms with Crippen molar-refractivity contribution < 1.29 is 56.4 Å². The predicted octanol–water partition coefficient (Wildman–Crippen LogP) is 4.65. The first-order valence-electron chi connectivity index (χ1n) is 16.8. The number of carbonyl (C=O) groups excluding carboxylic acids is 4. The molecular formula is C37H37F2N5O11. The summed E-state index contributed by atoms with van der Waals surface area (Å²) in [4.78, 5) is 66.1. The van der Waals surface area contributed by atoms with Crippen molar-refractivity contribution in [3.05, 3.63) is 130 Å². The first kappa shape index (κ1) is 39.8. The third kappa shape index (κ3) is 11.5. The molecule has 4 atom stereocenters. The van der Waals surface area contributed by atoms with Gasteiger partial charge in [0.1, 0.15) is 44.5 Å². The highest BCUT2D eigenvalue weighted by atomic mass is 19.3. The van der Waals surface area contributed by atoms with E-state index in [1.165, 1.54) is 6.92 Å². The van der Waals surface area contributed by atoms with Crippen molar-refractivity contribution in [2.75, 3.05) is 18.7 Å². The van der Waals surface area contributed by atoms with E-state index in [4.69, 9.17) is 28.4 Å². The van der Waals surface area contributed by atoms with Crippen LogP contribution in [-0.4, -0.2) is 71.3 Å². The molecule has 18 heteroatoms. The zero-order chi connectivity index (χ0) is 39.2. The number of carbonyl (C=O) groups is 4. The molecule has 0 radical (unpaired) electrons. The number of rotatable bonds is 15. The van der Waals surface area contributed by atoms with Gasteiger partial charge in [-0.25, -0.2) is 19.2 Å². The molecule has 0 saturated carbocycles.